The number of hydrogen-bond acceptors (Lipinski definition) is 6. The molecule has 23 heavy (non-hydrogen) atoms. The second-order valence-electron chi connectivity index (χ2n) is 7.62. The van der Waals surface area contributed by atoms with E-state index in [1.54, 1.807) is 0 Å². The molecule has 6 atom stereocenters. The Labute approximate surface area is 135 Å². The predicted octanol–water partition coefficient (Wildman–Crippen LogP) is 1.41. The van der Waals surface area contributed by atoms with Crippen LogP contribution in [0.25, 0.3) is 0 Å². The third-order valence-electron chi connectivity index (χ3n) is 5.78. The Balaban J connectivity index is 1.42. The number of hydrogen-bond donors (Lipinski definition) is 2. The molecular weight excluding hydrogens is 302 g/mol. The highest BCUT2D eigenvalue weighted by molar-refractivity contribution is 5.71. The summed E-state index contributed by atoms with van der Waals surface area (Å²) < 4.78 is 6.35. The highest BCUT2D eigenvalue weighted by Gasteiger charge is 2.65. The third-order valence-corrected chi connectivity index (χ3v) is 5.78. The lowest BCUT2D eigenvalue weighted by Gasteiger charge is -2.37. The fourth-order valence-corrected chi connectivity index (χ4v) is 4.98. The van der Waals surface area contributed by atoms with Crippen LogP contribution in [-0.2, 0) is 24.1 Å². The Hall–Kier alpha value is -0.730. The maximum Gasteiger partial charge on any atom is 0.240 e. The standard InChI is InChI=1S/C16H25NO6/c1-10(18)17-20-9-12-5-11-6-14(12)16(7-11)21-15(22-23-16)4-2-3-13(19)8-15/h11-14,19H,2-9H2,1H3,(H,17,18)/t11?,12?,13-,14?,15+,16?/m1/s1. The van der Waals surface area contributed by atoms with Crippen molar-refractivity contribution in [1.29, 1.82) is 0 Å². The Morgan fingerprint density at radius 2 is 2.22 bits per heavy atom. The lowest BCUT2D eigenvalue weighted by atomic mass is 9.84. The zero-order valence-corrected chi connectivity index (χ0v) is 13.5. The van der Waals surface area contributed by atoms with E-state index in [9.17, 15) is 9.90 Å². The van der Waals surface area contributed by atoms with Crippen molar-refractivity contribution in [1.82, 2.24) is 5.48 Å². The average molecular weight is 327 g/mol. The summed E-state index contributed by atoms with van der Waals surface area (Å²) in [7, 11) is 0. The van der Waals surface area contributed by atoms with Gasteiger partial charge in [-0.15, -0.1) is 0 Å². The second kappa shape index (κ2) is 5.67. The molecule has 2 spiro atoms. The zero-order chi connectivity index (χ0) is 16.1. The van der Waals surface area contributed by atoms with E-state index in [1.807, 2.05) is 0 Å². The zero-order valence-electron chi connectivity index (χ0n) is 13.5. The second-order valence-corrected chi connectivity index (χ2v) is 7.62. The van der Waals surface area contributed by atoms with E-state index in [1.165, 1.54) is 6.92 Å². The summed E-state index contributed by atoms with van der Waals surface area (Å²) in [5.41, 5.74) is 2.39. The van der Waals surface area contributed by atoms with E-state index in [2.05, 4.69) is 5.48 Å². The molecule has 4 fully saturated rings. The van der Waals surface area contributed by atoms with Gasteiger partial charge in [0.1, 0.15) is 0 Å². The first kappa shape index (κ1) is 15.8. The van der Waals surface area contributed by atoms with Gasteiger partial charge in [0.2, 0.25) is 17.5 Å². The van der Waals surface area contributed by atoms with Crippen LogP contribution in [0.4, 0.5) is 0 Å². The normalized spacial score (nSPS) is 48.4. The van der Waals surface area contributed by atoms with Gasteiger partial charge < -0.3 is 9.84 Å². The van der Waals surface area contributed by atoms with E-state index in [0.717, 1.165) is 38.5 Å². The summed E-state index contributed by atoms with van der Waals surface area (Å²) in [6.45, 7) is 1.89. The largest absolute Gasteiger partial charge is 0.393 e. The van der Waals surface area contributed by atoms with Crippen LogP contribution in [0.2, 0.25) is 0 Å². The molecule has 0 radical (unpaired) electrons. The fourth-order valence-electron chi connectivity index (χ4n) is 4.98. The van der Waals surface area contributed by atoms with Crippen LogP contribution in [0.3, 0.4) is 0 Å². The van der Waals surface area contributed by atoms with Crippen LogP contribution in [0.1, 0.15) is 51.9 Å². The van der Waals surface area contributed by atoms with Crippen LogP contribution in [0.5, 0.6) is 0 Å². The predicted molar refractivity (Wildman–Crippen MR) is 77.3 cm³/mol. The van der Waals surface area contributed by atoms with Crippen molar-refractivity contribution in [3.63, 3.8) is 0 Å². The average Bonchev–Trinajstić information content (AvgIpc) is 3.12. The minimum atomic E-state index is -0.787. The Kier molecular flexibility index (Phi) is 3.89. The summed E-state index contributed by atoms with van der Waals surface area (Å²) in [6.07, 6.45) is 5.45. The Bertz CT molecular complexity index is 487. The van der Waals surface area contributed by atoms with Gasteiger partial charge in [0.15, 0.2) is 0 Å². The molecule has 0 aromatic carbocycles. The van der Waals surface area contributed by atoms with Crippen molar-refractivity contribution in [2.24, 2.45) is 17.8 Å². The van der Waals surface area contributed by atoms with E-state index in [-0.39, 0.29) is 23.8 Å². The molecule has 1 aliphatic heterocycles. The lowest BCUT2D eigenvalue weighted by molar-refractivity contribution is -0.366. The maximum absolute atomic E-state index is 10.9. The molecule has 3 aliphatic carbocycles. The third kappa shape index (κ3) is 2.78. The van der Waals surface area contributed by atoms with E-state index in [4.69, 9.17) is 19.3 Å². The Morgan fingerprint density at radius 1 is 1.35 bits per heavy atom. The van der Waals surface area contributed by atoms with E-state index >= 15 is 0 Å². The number of aliphatic hydroxyl groups excluding tert-OH is 1. The summed E-state index contributed by atoms with van der Waals surface area (Å²) >= 11 is 0. The van der Waals surface area contributed by atoms with Crippen molar-refractivity contribution >= 4 is 5.91 Å². The van der Waals surface area contributed by atoms with Gasteiger partial charge in [-0.1, -0.05) is 0 Å². The van der Waals surface area contributed by atoms with Gasteiger partial charge in [0, 0.05) is 32.1 Å². The summed E-state index contributed by atoms with van der Waals surface area (Å²) in [5.74, 6) is -0.657. The molecule has 2 N–H and O–H groups in total. The van der Waals surface area contributed by atoms with Gasteiger partial charge in [0.25, 0.3) is 0 Å². The van der Waals surface area contributed by atoms with Crippen LogP contribution in [0, 0.1) is 17.8 Å². The topological polar surface area (TPSA) is 86.3 Å². The van der Waals surface area contributed by atoms with Crippen LogP contribution in [0.15, 0.2) is 0 Å². The van der Waals surface area contributed by atoms with Gasteiger partial charge in [-0.3, -0.25) is 9.63 Å². The molecule has 1 heterocycles. The number of aliphatic hydroxyl groups is 1. The quantitative estimate of drug-likeness (QED) is 0.602. The monoisotopic (exact) mass is 327 g/mol. The molecule has 1 saturated heterocycles. The van der Waals surface area contributed by atoms with Crippen LogP contribution >= 0.6 is 0 Å². The minimum Gasteiger partial charge on any atom is -0.393 e. The molecule has 4 rings (SSSR count). The van der Waals surface area contributed by atoms with Crippen molar-refractivity contribution < 1.29 is 29.3 Å². The fraction of sp³-hybridized carbons (Fsp3) is 0.938. The molecule has 3 saturated carbocycles. The number of ether oxygens (including phenoxy) is 1. The smallest absolute Gasteiger partial charge is 0.240 e. The molecule has 0 aromatic heterocycles. The summed E-state index contributed by atoms with van der Waals surface area (Å²) in [6, 6.07) is 0. The maximum atomic E-state index is 10.9. The molecule has 130 valence electrons. The van der Waals surface area contributed by atoms with Crippen molar-refractivity contribution in [2.45, 2.75) is 69.5 Å². The lowest BCUT2D eigenvalue weighted by Crippen LogP contribution is -2.46. The van der Waals surface area contributed by atoms with Crippen LogP contribution < -0.4 is 5.48 Å². The van der Waals surface area contributed by atoms with Crippen molar-refractivity contribution in [3.05, 3.63) is 0 Å². The highest BCUT2D eigenvalue weighted by atomic mass is 17.3. The van der Waals surface area contributed by atoms with Gasteiger partial charge in [-0.05, 0) is 37.5 Å². The molecule has 4 aliphatic rings. The van der Waals surface area contributed by atoms with Gasteiger partial charge in [-0.2, -0.15) is 9.78 Å². The first-order valence-corrected chi connectivity index (χ1v) is 8.64. The SMILES string of the molecule is CC(=O)NOCC1CC2CC1C1(C2)OO[C@]2(CCC[C@@H](O)C2)O1. The number of carbonyl (C=O) groups is 1. The number of rotatable bonds is 3. The Morgan fingerprint density at radius 3 is 2.96 bits per heavy atom. The molecular formula is C16H25NO6. The number of amides is 1. The van der Waals surface area contributed by atoms with E-state index < -0.39 is 11.6 Å². The van der Waals surface area contributed by atoms with Crippen molar-refractivity contribution in [3.8, 4) is 0 Å². The summed E-state index contributed by atoms with van der Waals surface area (Å²) in [4.78, 5) is 27.6. The number of fused-ring (bicyclic) bond motifs is 3. The minimum absolute atomic E-state index is 0.199. The van der Waals surface area contributed by atoms with Gasteiger partial charge >= 0.3 is 0 Å². The van der Waals surface area contributed by atoms with E-state index in [0.29, 0.717) is 18.9 Å². The molecule has 7 nitrogen and oxygen atoms in total. The van der Waals surface area contributed by atoms with Crippen LogP contribution in [-0.4, -0.2) is 35.3 Å². The molecule has 1 amide bonds. The molecule has 4 unspecified atom stereocenters. The number of carbonyl (C=O) groups excluding carboxylic acids is 1. The molecule has 7 heteroatoms. The first-order valence-electron chi connectivity index (χ1n) is 8.64. The number of hydroxylamine groups is 1. The highest BCUT2D eigenvalue weighted by Crippen LogP contribution is 2.60. The van der Waals surface area contributed by atoms with Crippen molar-refractivity contribution in [2.75, 3.05) is 6.61 Å². The van der Waals surface area contributed by atoms with Gasteiger partial charge in [0.05, 0.1) is 12.7 Å². The molecule has 0 aromatic rings. The van der Waals surface area contributed by atoms with Gasteiger partial charge in [-0.25, -0.2) is 5.48 Å². The number of nitrogens with one attached hydrogen (secondary N) is 1. The summed E-state index contributed by atoms with van der Waals surface area (Å²) in [5, 5.41) is 9.94. The first-order chi connectivity index (χ1) is 11.0. The molecule has 2 bridgehead atoms.